The highest BCUT2D eigenvalue weighted by Crippen LogP contribution is 2.49. The zero-order valence-electron chi connectivity index (χ0n) is 40.7. The lowest BCUT2D eigenvalue weighted by molar-refractivity contribution is -0.172. The van der Waals surface area contributed by atoms with Crippen LogP contribution in [-0.4, -0.2) is 112 Å². The van der Waals surface area contributed by atoms with Crippen molar-refractivity contribution < 1.29 is 57.3 Å². The summed E-state index contributed by atoms with van der Waals surface area (Å²) < 4.78 is 28.4. The fourth-order valence-corrected chi connectivity index (χ4v) is 9.99. The molecule has 73 heavy (non-hydrogen) atoms. The molecule has 0 fully saturated rings. The molecule has 3 aliphatic heterocycles. The van der Waals surface area contributed by atoms with Crippen molar-refractivity contribution in [2.24, 2.45) is 0 Å². The number of imide groups is 1. The van der Waals surface area contributed by atoms with Crippen LogP contribution in [0.4, 0.5) is 4.39 Å². The van der Waals surface area contributed by atoms with Gasteiger partial charge in [-0.05, 0) is 67.3 Å². The summed E-state index contributed by atoms with van der Waals surface area (Å²) in [6.07, 6.45) is 5.16. The first kappa shape index (κ1) is 51.7. The fraction of sp³-hybridized carbons (Fsp3) is 0.423. The number of hydrogen-bond donors (Lipinski definition) is 6. The number of pyridine rings is 2. The monoisotopic (exact) mass is 1000 g/mol. The third-order valence-corrected chi connectivity index (χ3v) is 14.1. The van der Waals surface area contributed by atoms with Crippen molar-refractivity contribution in [3.8, 4) is 11.4 Å². The van der Waals surface area contributed by atoms with E-state index in [1.165, 1.54) is 22.8 Å². The van der Waals surface area contributed by atoms with Crippen molar-refractivity contribution in [2.75, 3.05) is 39.5 Å². The maximum Gasteiger partial charge on any atom is 0.343 e. The van der Waals surface area contributed by atoms with Crippen LogP contribution in [0.3, 0.4) is 0 Å². The lowest BCUT2D eigenvalue weighted by Gasteiger charge is -2.37. The van der Waals surface area contributed by atoms with Gasteiger partial charge >= 0.3 is 5.97 Å². The SMILES string of the molecule is CC[C@@]1(O)C(=O)OCc2c1cc1n(c2=O)Cc2c-1nc1cc(F)c(C)c3c1c2[C@](C)(COCNC(=O)CNC(=O)[C@H](Cc1ccccc1)NC(=O)CNC(=O)CNC(=O)CCCCCN1C(=O)C=CC1=O)CC3. The van der Waals surface area contributed by atoms with Gasteiger partial charge in [-0.1, -0.05) is 50.6 Å². The van der Waals surface area contributed by atoms with Gasteiger partial charge in [0.15, 0.2) is 5.60 Å². The Balaban J connectivity index is 0.843. The molecule has 0 radical (unpaired) electrons. The first-order chi connectivity index (χ1) is 34.9. The molecule has 6 N–H and O–H groups in total. The number of amides is 7. The van der Waals surface area contributed by atoms with Gasteiger partial charge < -0.3 is 45.7 Å². The minimum Gasteiger partial charge on any atom is -0.458 e. The molecular weight excluding hydrogens is 948 g/mol. The zero-order chi connectivity index (χ0) is 52.2. The molecule has 21 heteroatoms. The standard InChI is InChI=1S/C52H57FN8O12/c1-4-52(71)34-20-38-47-32(25-61(38)49(69)33(34)26-73-50(52)70)46-45-31(29(2)35(53)21-36(45)59-47)16-17-51(46,3)27-72-28-57-41(64)23-56-48(68)37(19-30-11-7-5-8-12-30)58-42(65)24-55-40(63)22-54-39(62)13-9-6-10-18-60-43(66)14-15-44(60)67/h5,7-8,11-12,14-15,20-21,37,71H,4,6,9-10,13,16-19,22-28H2,1-3H3,(H,54,62)(H,55,63)(H,56,68)(H,57,64)(H,58,65)/t37-,51-,52-/m0/s1. The van der Waals surface area contributed by atoms with Crippen LogP contribution in [0.15, 0.2) is 59.4 Å². The van der Waals surface area contributed by atoms with Crippen LogP contribution in [0.2, 0.25) is 0 Å². The van der Waals surface area contributed by atoms with E-state index >= 15 is 4.39 Å². The third kappa shape index (κ3) is 10.8. The van der Waals surface area contributed by atoms with Gasteiger partial charge in [-0.2, -0.15) is 0 Å². The number of halogens is 1. The Morgan fingerprint density at radius 2 is 1.58 bits per heavy atom. The number of nitrogens with zero attached hydrogens (tertiary/aromatic N) is 3. The lowest BCUT2D eigenvalue weighted by Crippen LogP contribution is -2.52. The molecule has 5 heterocycles. The average Bonchev–Trinajstić information content (AvgIpc) is 3.91. The van der Waals surface area contributed by atoms with E-state index in [9.17, 15) is 48.3 Å². The quantitative estimate of drug-likeness (QED) is 0.0263. The number of fused-ring (bicyclic) bond motifs is 5. The summed E-state index contributed by atoms with van der Waals surface area (Å²) in [4.78, 5) is 120. The van der Waals surface area contributed by atoms with Crippen molar-refractivity contribution in [3.05, 3.63) is 110 Å². The highest BCUT2D eigenvalue weighted by molar-refractivity contribution is 6.12. The largest absolute Gasteiger partial charge is 0.458 e. The van der Waals surface area contributed by atoms with Gasteiger partial charge in [0, 0.05) is 59.5 Å². The summed E-state index contributed by atoms with van der Waals surface area (Å²) in [6, 6.07) is 10.7. The van der Waals surface area contributed by atoms with Gasteiger partial charge in [-0.3, -0.25) is 43.3 Å². The molecule has 1 aliphatic carbocycles. The number of carbonyl (C=O) groups excluding carboxylic acids is 8. The van der Waals surface area contributed by atoms with Crippen LogP contribution < -0.4 is 32.1 Å². The molecule has 0 saturated heterocycles. The number of hydrogen-bond acceptors (Lipinski definition) is 13. The van der Waals surface area contributed by atoms with Crippen LogP contribution in [0, 0.1) is 12.7 Å². The molecular formula is C52H57FN8O12. The van der Waals surface area contributed by atoms with Crippen LogP contribution in [0.25, 0.3) is 22.3 Å². The van der Waals surface area contributed by atoms with E-state index in [0.29, 0.717) is 60.1 Å². The lowest BCUT2D eigenvalue weighted by atomic mass is 9.69. The van der Waals surface area contributed by atoms with Gasteiger partial charge in [-0.25, -0.2) is 14.2 Å². The summed E-state index contributed by atoms with van der Waals surface area (Å²) in [5.74, 6) is -4.99. The van der Waals surface area contributed by atoms with Crippen molar-refractivity contribution in [1.82, 2.24) is 41.0 Å². The first-order valence-corrected chi connectivity index (χ1v) is 24.3. The number of esters is 1. The molecule has 3 atom stereocenters. The van der Waals surface area contributed by atoms with E-state index in [1.54, 1.807) is 50.2 Å². The smallest absolute Gasteiger partial charge is 0.343 e. The third-order valence-electron chi connectivity index (χ3n) is 14.1. The van der Waals surface area contributed by atoms with E-state index < -0.39 is 83.6 Å². The number of aliphatic hydroxyl groups is 1. The Morgan fingerprint density at radius 3 is 2.32 bits per heavy atom. The first-order valence-electron chi connectivity index (χ1n) is 24.3. The predicted molar refractivity (Wildman–Crippen MR) is 259 cm³/mol. The number of ether oxygens (including phenoxy) is 2. The molecule has 2 aromatic carbocycles. The molecule has 0 spiro atoms. The van der Waals surface area contributed by atoms with Gasteiger partial charge in [0.2, 0.25) is 29.5 Å². The molecule has 0 saturated carbocycles. The Hall–Kier alpha value is -7.65. The minimum atomic E-state index is -2.03. The number of rotatable bonds is 21. The molecule has 2 aromatic heterocycles. The Kier molecular flexibility index (Phi) is 15.3. The van der Waals surface area contributed by atoms with Crippen molar-refractivity contribution in [2.45, 2.75) is 102 Å². The van der Waals surface area contributed by atoms with Gasteiger partial charge in [0.1, 0.15) is 25.2 Å². The summed E-state index contributed by atoms with van der Waals surface area (Å²) in [5, 5.41) is 24.9. The zero-order valence-corrected chi connectivity index (χ0v) is 40.7. The molecule has 384 valence electrons. The molecule has 7 amide bonds. The van der Waals surface area contributed by atoms with E-state index in [-0.39, 0.29) is 75.2 Å². The van der Waals surface area contributed by atoms with Gasteiger partial charge in [-0.15, -0.1) is 0 Å². The fourth-order valence-electron chi connectivity index (χ4n) is 9.99. The number of carbonyl (C=O) groups is 8. The summed E-state index contributed by atoms with van der Waals surface area (Å²) in [6.45, 7) is 3.88. The number of aromatic nitrogens is 2. The molecule has 20 nitrogen and oxygen atoms in total. The number of nitrogens with one attached hydrogen (secondary N) is 5. The summed E-state index contributed by atoms with van der Waals surface area (Å²) in [5.41, 5.74) is 1.87. The number of benzene rings is 2. The van der Waals surface area contributed by atoms with Crippen LogP contribution in [0.5, 0.6) is 0 Å². The van der Waals surface area contributed by atoms with E-state index in [0.717, 1.165) is 27.0 Å². The maximum absolute atomic E-state index is 15.5. The van der Waals surface area contributed by atoms with Crippen molar-refractivity contribution >= 4 is 58.2 Å². The second-order valence-electron chi connectivity index (χ2n) is 19.0. The minimum absolute atomic E-state index is 0.0284. The number of aryl methyl sites for hydroxylation is 1. The van der Waals surface area contributed by atoms with Crippen molar-refractivity contribution in [3.63, 3.8) is 0 Å². The van der Waals surface area contributed by atoms with Crippen molar-refractivity contribution in [1.29, 1.82) is 0 Å². The number of cyclic esters (lactones) is 1. The summed E-state index contributed by atoms with van der Waals surface area (Å²) >= 11 is 0. The van der Waals surface area contributed by atoms with E-state index in [4.69, 9.17) is 14.5 Å². The predicted octanol–water partition coefficient (Wildman–Crippen LogP) is 1.38. The Labute approximate surface area is 418 Å². The molecule has 8 rings (SSSR count). The Bertz CT molecular complexity index is 3010. The molecule has 0 bridgehead atoms. The summed E-state index contributed by atoms with van der Waals surface area (Å²) in [7, 11) is 0. The highest BCUT2D eigenvalue weighted by atomic mass is 19.1. The molecule has 4 aliphatic rings. The topological polar surface area (TPSA) is 274 Å². The van der Waals surface area contributed by atoms with Crippen LogP contribution in [-0.2, 0) is 84.8 Å². The normalized spacial score (nSPS) is 18.6. The van der Waals surface area contributed by atoms with Crippen LogP contribution >= 0.6 is 0 Å². The van der Waals surface area contributed by atoms with E-state index in [2.05, 4.69) is 26.6 Å². The second-order valence-corrected chi connectivity index (χ2v) is 19.0. The average molecular weight is 1010 g/mol. The number of unbranched alkanes of at least 4 members (excludes halogenated alkanes) is 2. The second kappa shape index (κ2) is 21.6. The van der Waals surface area contributed by atoms with Gasteiger partial charge in [0.05, 0.1) is 55.3 Å². The highest BCUT2D eigenvalue weighted by Gasteiger charge is 2.47. The molecule has 0 unspecified atom stereocenters. The maximum atomic E-state index is 15.5. The Morgan fingerprint density at radius 1 is 0.877 bits per heavy atom. The molecule has 4 aromatic rings. The van der Waals surface area contributed by atoms with Crippen LogP contribution in [0.1, 0.15) is 91.3 Å². The van der Waals surface area contributed by atoms with Gasteiger partial charge in [0.25, 0.3) is 17.4 Å². The van der Waals surface area contributed by atoms with E-state index in [1.807, 2.05) is 6.92 Å².